The predicted octanol–water partition coefficient (Wildman–Crippen LogP) is 1.57. The zero-order chi connectivity index (χ0) is 10.7. The van der Waals surface area contributed by atoms with Gasteiger partial charge < -0.3 is 5.11 Å². The van der Waals surface area contributed by atoms with Gasteiger partial charge in [0.15, 0.2) is 0 Å². The molecule has 1 aromatic rings. The number of hydrogen-bond acceptors (Lipinski definition) is 2. The summed E-state index contributed by atoms with van der Waals surface area (Å²) in [6.45, 7) is 1.52. The summed E-state index contributed by atoms with van der Waals surface area (Å²) in [4.78, 5) is 21.0. The molecule has 0 aliphatic heterocycles. The van der Waals surface area contributed by atoms with E-state index in [0.29, 0.717) is 11.8 Å². The van der Waals surface area contributed by atoms with E-state index in [1.54, 1.807) is 0 Å². The van der Waals surface area contributed by atoms with Crippen LogP contribution in [0.25, 0.3) is 0 Å². The molecule has 1 N–H and O–H groups in total. The first-order valence-corrected chi connectivity index (χ1v) is 4.00. The topological polar surface area (TPSA) is 54.4 Å². The zero-order valence-electron chi connectivity index (χ0n) is 7.58. The van der Waals surface area contributed by atoms with Crippen LogP contribution in [0.1, 0.15) is 21.5 Å². The molecule has 0 spiro atoms. The highest BCUT2D eigenvalue weighted by Gasteiger charge is 2.09. The predicted molar refractivity (Wildman–Crippen MR) is 47.9 cm³/mol. The number of aliphatic carboxylic acids is 1. The Bertz CT molecular complexity index is 385. The normalized spacial score (nSPS) is 9.86. The number of aryl methyl sites for hydroxylation is 1. The van der Waals surface area contributed by atoms with Crippen molar-refractivity contribution in [3.63, 3.8) is 0 Å². The van der Waals surface area contributed by atoms with E-state index in [2.05, 4.69) is 0 Å². The Kier molecular flexibility index (Phi) is 2.96. The van der Waals surface area contributed by atoms with Crippen molar-refractivity contribution in [2.75, 3.05) is 0 Å². The second-order valence-electron chi connectivity index (χ2n) is 2.99. The molecule has 0 amide bonds. The van der Waals surface area contributed by atoms with E-state index in [9.17, 15) is 14.0 Å². The summed E-state index contributed by atoms with van der Waals surface area (Å²) in [5, 5.41) is 8.51. The van der Waals surface area contributed by atoms with Crippen molar-refractivity contribution >= 4 is 12.3 Å². The van der Waals surface area contributed by atoms with Gasteiger partial charge >= 0.3 is 5.97 Å². The summed E-state index contributed by atoms with van der Waals surface area (Å²) in [7, 11) is 0. The Hall–Kier alpha value is -1.71. The Morgan fingerprint density at radius 3 is 2.71 bits per heavy atom. The van der Waals surface area contributed by atoms with Crippen LogP contribution in [0.3, 0.4) is 0 Å². The van der Waals surface area contributed by atoms with Gasteiger partial charge in [0.1, 0.15) is 12.1 Å². The SMILES string of the molecule is Cc1cc(C=O)c(CC(=O)O)cc1F. The molecule has 4 heteroatoms. The van der Waals surface area contributed by atoms with Crippen molar-refractivity contribution in [2.24, 2.45) is 0 Å². The van der Waals surface area contributed by atoms with Gasteiger partial charge in [-0.2, -0.15) is 0 Å². The molecule has 14 heavy (non-hydrogen) atoms. The largest absolute Gasteiger partial charge is 0.481 e. The van der Waals surface area contributed by atoms with Crippen LogP contribution in [0.5, 0.6) is 0 Å². The fourth-order valence-electron chi connectivity index (χ4n) is 1.17. The molecule has 0 bridgehead atoms. The first kappa shape index (κ1) is 10.4. The molecular formula is C10H9FO3. The lowest BCUT2D eigenvalue weighted by Crippen LogP contribution is -2.04. The van der Waals surface area contributed by atoms with E-state index in [1.807, 2.05) is 0 Å². The van der Waals surface area contributed by atoms with Crippen LogP contribution in [-0.4, -0.2) is 17.4 Å². The average Bonchev–Trinajstić information content (AvgIpc) is 2.10. The maximum atomic E-state index is 13.0. The second-order valence-corrected chi connectivity index (χ2v) is 2.99. The summed E-state index contributed by atoms with van der Waals surface area (Å²) < 4.78 is 13.0. The Morgan fingerprint density at radius 1 is 1.57 bits per heavy atom. The lowest BCUT2D eigenvalue weighted by atomic mass is 10.0. The van der Waals surface area contributed by atoms with E-state index >= 15 is 0 Å². The maximum absolute atomic E-state index is 13.0. The van der Waals surface area contributed by atoms with Gasteiger partial charge in [-0.15, -0.1) is 0 Å². The minimum atomic E-state index is -1.09. The standard InChI is InChI=1S/C10H9FO3/c1-6-2-8(5-12)7(3-9(6)11)4-10(13)14/h2-3,5H,4H2,1H3,(H,13,14). The maximum Gasteiger partial charge on any atom is 0.307 e. The third kappa shape index (κ3) is 2.16. The fraction of sp³-hybridized carbons (Fsp3) is 0.200. The van der Waals surface area contributed by atoms with Crippen LogP contribution in [-0.2, 0) is 11.2 Å². The Morgan fingerprint density at radius 2 is 2.21 bits per heavy atom. The molecule has 3 nitrogen and oxygen atoms in total. The highest BCUT2D eigenvalue weighted by atomic mass is 19.1. The van der Waals surface area contributed by atoms with E-state index in [1.165, 1.54) is 13.0 Å². The number of carbonyl (C=O) groups is 2. The van der Waals surface area contributed by atoms with Gasteiger partial charge in [-0.3, -0.25) is 9.59 Å². The molecule has 74 valence electrons. The molecule has 0 atom stereocenters. The van der Waals surface area contributed by atoms with Crippen LogP contribution in [0.15, 0.2) is 12.1 Å². The highest BCUT2D eigenvalue weighted by molar-refractivity contribution is 5.81. The molecule has 0 aliphatic rings. The quantitative estimate of drug-likeness (QED) is 0.746. The van der Waals surface area contributed by atoms with Crippen molar-refractivity contribution in [3.8, 4) is 0 Å². The van der Waals surface area contributed by atoms with E-state index in [-0.39, 0.29) is 17.5 Å². The summed E-state index contributed by atoms with van der Waals surface area (Å²) in [6, 6.07) is 2.44. The van der Waals surface area contributed by atoms with Crippen LogP contribution < -0.4 is 0 Å². The molecule has 1 aromatic carbocycles. The van der Waals surface area contributed by atoms with Crippen LogP contribution in [0.4, 0.5) is 4.39 Å². The minimum absolute atomic E-state index is 0.204. The minimum Gasteiger partial charge on any atom is -0.481 e. The number of carboxylic acids is 1. The smallest absolute Gasteiger partial charge is 0.307 e. The molecular weight excluding hydrogens is 187 g/mol. The molecule has 0 saturated carbocycles. The van der Waals surface area contributed by atoms with Gasteiger partial charge in [-0.05, 0) is 30.2 Å². The molecule has 0 unspecified atom stereocenters. The average molecular weight is 196 g/mol. The fourth-order valence-corrected chi connectivity index (χ4v) is 1.17. The first-order chi connectivity index (χ1) is 6.54. The molecule has 0 aromatic heterocycles. The Balaban J connectivity index is 3.19. The molecule has 0 saturated heterocycles. The zero-order valence-corrected chi connectivity index (χ0v) is 7.58. The number of carbonyl (C=O) groups excluding carboxylic acids is 1. The van der Waals surface area contributed by atoms with Gasteiger partial charge in [0, 0.05) is 5.56 Å². The summed E-state index contributed by atoms with van der Waals surface area (Å²) in [5.41, 5.74) is 0.767. The van der Waals surface area contributed by atoms with E-state index in [4.69, 9.17) is 5.11 Å². The van der Waals surface area contributed by atoms with Crippen LogP contribution >= 0.6 is 0 Å². The van der Waals surface area contributed by atoms with Crippen molar-refractivity contribution < 1.29 is 19.1 Å². The second kappa shape index (κ2) is 4.00. The van der Waals surface area contributed by atoms with E-state index in [0.717, 1.165) is 6.07 Å². The van der Waals surface area contributed by atoms with Gasteiger partial charge in [-0.25, -0.2) is 4.39 Å². The van der Waals surface area contributed by atoms with Gasteiger partial charge in [-0.1, -0.05) is 0 Å². The molecule has 0 aliphatic carbocycles. The number of halogens is 1. The van der Waals surface area contributed by atoms with Gasteiger partial charge in [0.05, 0.1) is 6.42 Å². The van der Waals surface area contributed by atoms with E-state index < -0.39 is 11.8 Å². The number of benzene rings is 1. The molecule has 0 heterocycles. The van der Waals surface area contributed by atoms with Crippen molar-refractivity contribution in [3.05, 3.63) is 34.6 Å². The molecule has 0 fully saturated rings. The van der Waals surface area contributed by atoms with Gasteiger partial charge in [0.25, 0.3) is 0 Å². The molecule has 0 radical (unpaired) electrons. The lowest BCUT2D eigenvalue weighted by molar-refractivity contribution is -0.136. The van der Waals surface area contributed by atoms with Crippen molar-refractivity contribution in [1.82, 2.24) is 0 Å². The number of rotatable bonds is 3. The summed E-state index contributed by atoms with van der Waals surface area (Å²) >= 11 is 0. The number of hydrogen-bond donors (Lipinski definition) is 1. The highest BCUT2D eigenvalue weighted by Crippen LogP contribution is 2.14. The first-order valence-electron chi connectivity index (χ1n) is 4.00. The summed E-state index contributed by atoms with van der Waals surface area (Å²) in [5.74, 6) is -1.58. The van der Waals surface area contributed by atoms with Crippen molar-refractivity contribution in [1.29, 1.82) is 0 Å². The third-order valence-corrected chi connectivity index (χ3v) is 1.89. The van der Waals surface area contributed by atoms with Crippen LogP contribution in [0.2, 0.25) is 0 Å². The molecule has 1 rings (SSSR count). The van der Waals surface area contributed by atoms with Crippen molar-refractivity contribution in [2.45, 2.75) is 13.3 Å². The summed E-state index contributed by atoms with van der Waals surface area (Å²) in [6.07, 6.45) is 0.190. The van der Waals surface area contributed by atoms with Gasteiger partial charge in [0.2, 0.25) is 0 Å². The Labute approximate surface area is 80.2 Å². The monoisotopic (exact) mass is 196 g/mol. The van der Waals surface area contributed by atoms with Crippen LogP contribution in [0, 0.1) is 12.7 Å². The third-order valence-electron chi connectivity index (χ3n) is 1.89. The number of aldehydes is 1. The number of carboxylic acid groups (broad SMARTS) is 1. The lowest BCUT2D eigenvalue weighted by Gasteiger charge is -2.04.